The molecule has 3 aromatic rings. The van der Waals surface area contributed by atoms with Gasteiger partial charge in [-0.15, -0.1) is 0 Å². The zero-order valence-corrected chi connectivity index (χ0v) is 19.2. The van der Waals surface area contributed by atoms with Gasteiger partial charge in [0.25, 0.3) is 5.91 Å². The topological polar surface area (TPSA) is 90.5 Å². The third kappa shape index (κ3) is 5.93. The van der Waals surface area contributed by atoms with E-state index < -0.39 is 0 Å². The maximum absolute atomic E-state index is 13.3. The third-order valence-electron chi connectivity index (χ3n) is 5.49. The van der Waals surface area contributed by atoms with Crippen LogP contribution in [0.25, 0.3) is 10.9 Å². The summed E-state index contributed by atoms with van der Waals surface area (Å²) in [5.74, 6) is -0.148. The van der Waals surface area contributed by atoms with Crippen LogP contribution in [0.15, 0.2) is 60.8 Å². The molecular weight excluding hydrogens is 435 g/mol. The van der Waals surface area contributed by atoms with Crippen LogP contribution in [0.1, 0.15) is 16.8 Å². The van der Waals surface area contributed by atoms with Gasteiger partial charge in [-0.1, -0.05) is 6.08 Å². The predicted octanol–water partition coefficient (Wildman–Crippen LogP) is 3.15. The van der Waals surface area contributed by atoms with Gasteiger partial charge in [-0.05, 0) is 63.0 Å². The fraction of sp³-hybridized carbons (Fsp3) is 0.280. The fourth-order valence-electron chi connectivity index (χ4n) is 3.75. The van der Waals surface area contributed by atoms with Crippen molar-refractivity contribution in [2.24, 2.45) is 0 Å². The van der Waals surface area contributed by atoms with Gasteiger partial charge in [-0.2, -0.15) is 0 Å². The molecule has 2 aromatic carbocycles. The number of fused-ring (bicyclic) bond motifs is 1. The van der Waals surface area contributed by atoms with Crippen LogP contribution in [0.3, 0.4) is 0 Å². The van der Waals surface area contributed by atoms with Crippen LogP contribution in [-0.2, 0) is 4.79 Å². The molecule has 2 amide bonds. The molecule has 2 N–H and O–H groups in total. The molecular formula is C25H27FN6O2. The summed E-state index contributed by atoms with van der Waals surface area (Å²) < 4.78 is 13.3. The number of halogens is 1. The summed E-state index contributed by atoms with van der Waals surface area (Å²) in [7, 11) is 3.86. The van der Waals surface area contributed by atoms with E-state index in [-0.39, 0.29) is 23.7 Å². The number of benzene rings is 2. The number of hydrogen-bond acceptors (Lipinski definition) is 6. The average Bonchev–Trinajstić information content (AvgIpc) is 3.27. The number of hydrogen-bond donors (Lipinski definition) is 2. The molecule has 34 heavy (non-hydrogen) atoms. The summed E-state index contributed by atoms with van der Waals surface area (Å²) >= 11 is 0. The van der Waals surface area contributed by atoms with Crippen LogP contribution < -0.4 is 10.6 Å². The fourth-order valence-corrected chi connectivity index (χ4v) is 3.75. The Hall–Kier alpha value is -3.85. The summed E-state index contributed by atoms with van der Waals surface area (Å²) in [6.07, 6.45) is 5.63. The number of nitrogens with one attached hydrogen (secondary N) is 2. The number of amides is 2. The van der Waals surface area contributed by atoms with Crippen molar-refractivity contribution in [2.75, 3.05) is 44.4 Å². The van der Waals surface area contributed by atoms with E-state index in [2.05, 4.69) is 20.6 Å². The Morgan fingerprint density at radius 3 is 2.76 bits per heavy atom. The van der Waals surface area contributed by atoms with Gasteiger partial charge in [0.15, 0.2) is 0 Å². The van der Waals surface area contributed by atoms with Crippen LogP contribution in [0.5, 0.6) is 0 Å². The summed E-state index contributed by atoms with van der Waals surface area (Å²) in [5, 5.41) is 6.70. The highest BCUT2D eigenvalue weighted by molar-refractivity contribution is 6.00. The van der Waals surface area contributed by atoms with E-state index in [0.717, 1.165) is 6.42 Å². The van der Waals surface area contributed by atoms with E-state index >= 15 is 0 Å². The van der Waals surface area contributed by atoms with Crippen molar-refractivity contribution in [3.05, 3.63) is 72.2 Å². The molecule has 9 heteroatoms. The lowest BCUT2D eigenvalue weighted by Crippen LogP contribution is -2.31. The zero-order valence-electron chi connectivity index (χ0n) is 19.2. The molecule has 176 valence electrons. The first-order valence-corrected chi connectivity index (χ1v) is 11.1. The van der Waals surface area contributed by atoms with Crippen LogP contribution >= 0.6 is 0 Å². The monoisotopic (exact) mass is 462 g/mol. The van der Waals surface area contributed by atoms with Crippen molar-refractivity contribution < 1.29 is 14.0 Å². The van der Waals surface area contributed by atoms with Crippen molar-refractivity contribution in [3.8, 4) is 0 Å². The van der Waals surface area contributed by atoms with Crippen molar-refractivity contribution in [3.63, 3.8) is 0 Å². The Balaban J connectivity index is 1.31. The largest absolute Gasteiger partial charge is 0.350 e. The first-order valence-electron chi connectivity index (χ1n) is 11.1. The second-order valence-electron chi connectivity index (χ2n) is 8.51. The Bertz CT molecular complexity index is 1210. The first kappa shape index (κ1) is 23.3. The lowest BCUT2D eigenvalue weighted by Gasteiger charge is -2.17. The minimum absolute atomic E-state index is 0.0226. The highest BCUT2D eigenvalue weighted by Crippen LogP contribution is 2.19. The number of carbonyl (C=O) groups excluding carboxylic acids is 2. The van der Waals surface area contributed by atoms with Crippen LogP contribution in [0, 0.1) is 5.82 Å². The highest BCUT2D eigenvalue weighted by atomic mass is 19.1. The lowest BCUT2D eigenvalue weighted by atomic mass is 10.2. The Kier molecular flexibility index (Phi) is 7.12. The maximum atomic E-state index is 13.3. The Labute approximate surface area is 197 Å². The Morgan fingerprint density at radius 1 is 1.21 bits per heavy atom. The maximum Gasteiger partial charge on any atom is 0.253 e. The lowest BCUT2D eigenvalue weighted by molar-refractivity contribution is -0.111. The molecule has 0 aliphatic carbocycles. The summed E-state index contributed by atoms with van der Waals surface area (Å²) in [6, 6.07) is 11.3. The molecule has 2 heterocycles. The number of anilines is 2. The molecule has 1 aliphatic heterocycles. The van der Waals surface area contributed by atoms with Gasteiger partial charge >= 0.3 is 0 Å². The van der Waals surface area contributed by atoms with Crippen LogP contribution in [0.4, 0.5) is 16.0 Å². The zero-order chi connectivity index (χ0) is 24.1. The number of nitrogens with zero attached hydrogens (tertiary/aromatic N) is 4. The molecule has 1 aromatic heterocycles. The van der Waals surface area contributed by atoms with Gasteiger partial charge in [0.1, 0.15) is 5.82 Å². The smallest absolute Gasteiger partial charge is 0.253 e. The molecule has 1 fully saturated rings. The van der Waals surface area contributed by atoms with E-state index in [0.29, 0.717) is 47.7 Å². The van der Waals surface area contributed by atoms with E-state index in [1.807, 2.05) is 19.0 Å². The van der Waals surface area contributed by atoms with Gasteiger partial charge in [0.2, 0.25) is 11.9 Å². The van der Waals surface area contributed by atoms with Gasteiger partial charge in [0, 0.05) is 54.6 Å². The highest BCUT2D eigenvalue weighted by Gasteiger charge is 2.27. The second-order valence-corrected chi connectivity index (χ2v) is 8.51. The normalized spacial score (nSPS) is 15.9. The van der Waals surface area contributed by atoms with E-state index in [9.17, 15) is 14.0 Å². The van der Waals surface area contributed by atoms with Gasteiger partial charge in [-0.3, -0.25) is 9.59 Å². The van der Waals surface area contributed by atoms with E-state index in [4.69, 9.17) is 0 Å². The van der Waals surface area contributed by atoms with Gasteiger partial charge in [-0.25, -0.2) is 14.4 Å². The minimum Gasteiger partial charge on any atom is -0.350 e. The van der Waals surface area contributed by atoms with Gasteiger partial charge in [0.05, 0.1) is 5.52 Å². The van der Waals surface area contributed by atoms with Crippen molar-refractivity contribution in [1.82, 2.24) is 19.8 Å². The number of carbonyl (C=O) groups is 2. The molecule has 4 rings (SSSR count). The molecule has 0 bridgehead atoms. The van der Waals surface area contributed by atoms with Crippen LogP contribution in [-0.4, -0.2) is 71.4 Å². The molecule has 0 unspecified atom stereocenters. The SMILES string of the molecule is CN(C)C/C=C/C(=O)Nc1ccc(C(=O)N2CC[C@H](Nc3ncc4cc(F)ccc4n3)C2)cc1. The standard InChI is InChI=1S/C25H27FN6O2/c1-31(2)12-3-4-23(33)28-20-8-5-17(6-9-20)24(34)32-13-11-21(16-32)29-25-27-15-18-14-19(26)7-10-22(18)30-25/h3-10,14-15,21H,11-13,16H2,1-2H3,(H,28,33)(H,27,29,30)/b4-3+/t21-/m0/s1. The number of likely N-dealkylation sites (tertiary alicyclic amines) is 1. The molecule has 8 nitrogen and oxygen atoms in total. The third-order valence-corrected chi connectivity index (χ3v) is 5.49. The van der Waals surface area contributed by atoms with E-state index in [1.54, 1.807) is 47.5 Å². The first-order chi connectivity index (χ1) is 16.4. The molecule has 1 aliphatic rings. The Morgan fingerprint density at radius 2 is 2.00 bits per heavy atom. The molecule has 0 saturated carbocycles. The van der Waals surface area contributed by atoms with Gasteiger partial charge < -0.3 is 20.4 Å². The molecule has 1 saturated heterocycles. The minimum atomic E-state index is -0.325. The number of aromatic nitrogens is 2. The van der Waals surface area contributed by atoms with Crippen molar-refractivity contribution in [1.29, 1.82) is 0 Å². The van der Waals surface area contributed by atoms with Crippen molar-refractivity contribution in [2.45, 2.75) is 12.5 Å². The second kappa shape index (κ2) is 10.4. The van der Waals surface area contributed by atoms with Crippen LogP contribution in [0.2, 0.25) is 0 Å². The van der Waals surface area contributed by atoms with Crippen molar-refractivity contribution >= 4 is 34.4 Å². The number of rotatable bonds is 7. The molecule has 0 radical (unpaired) electrons. The predicted molar refractivity (Wildman–Crippen MR) is 130 cm³/mol. The quantitative estimate of drug-likeness (QED) is 0.525. The number of likely N-dealkylation sites (N-methyl/N-ethyl adjacent to an activating group) is 1. The molecule has 1 atom stereocenters. The summed E-state index contributed by atoms with van der Waals surface area (Å²) in [5.41, 5.74) is 1.85. The van der Waals surface area contributed by atoms with E-state index in [1.165, 1.54) is 18.2 Å². The summed E-state index contributed by atoms with van der Waals surface area (Å²) in [6.45, 7) is 1.82. The average molecular weight is 463 g/mol. The molecule has 0 spiro atoms. The summed E-state index contributed by atoms with van der Waals surface area (Å²) in [4.78, 5) is 37.3.